The largest absolute Gasteiger partial charge is 0.379 e. The number of hydrogen-bond donors (Lipinski definition) is 1. The average Bonchev–Trinajstić information content (AvgIpc) is 3.77. The normalized spacial score (nSPS) is 18.8. The number of amides is 1. The first kappa shape index (κ1) is 25.8. The lowest BCUT2D eigenvalue weighted by Gasteiger charge is -2.36. The van der Waals surface area contributed by atoms with Crippen molar-refractivity contribution in [1.29, 1.82) is 0 Å². The van der Waals surface area contributed by atoms with E-state index in [-0.39, 0.29) is 7.33 Å². The van der Waals surface area contributed by atoms with Gasteiger partial charge in [-0.3, -0.25) is 14.1 Å². The summed E-state index contributed by atoms with van der Waals surface area (Å²) in [6, 6.07) is 6.84. The van der Waals surface area contributed by atoms with Crippen LogP contribution in [0.3, 0.4) is 0 Å². The summed E-state index contributed by atoms with van der Waals surface area (Å²) in [6.45, 7) is 5.89. The first-order valence-corrected chi connectivity index (χ1v) is 14.3. The molecule has 6 heterocycles. The van der Waals surface area contributed by atoms with Crippen LogP contribution < -0.4 is 5.32 Å². The Morgan fingerprint density at radius 1 is 0.974 bits per heavy atom. The molecule has 3 aliphatic rings. The predicted octanol–water partition coefficient (Wildman–Crippen LogP) is 4.22. The molecule has 4 aromatic heterocycles. The molecular weight excluding hydrogens is 492 g/mol. The zero-order valence-electron chi connectivity index (χ0n) is 22.8. The lowest BCUT2D eigenvalue weighted by atomic mass is 9.94. The summed E-state index contributed by atoms with van der Waals surface area (Å²) in [5.74, 6) is 0.606. The quantitative estimate of drug-likeness (QED) is 0.421. The van der Waals surface area contributed by atoms with Gasteiger partial charge in [0, 0.05) is 64.2 Å². The number of carbonyl (C=O) groups is 1. The smallest absolute Gasteiger partial charge is 0.272 e. The van der Waals surface area contributed by atoms with Crippen molar-refractivity contribution in [2.24, 2.45) is 0 Å². The Kier molecular flexibility index (Phi) is 7.74. The van der Waals surface area contributed by atoms with Gasteiger partial charge < -0.3 is 15.0 Å². The maximum atomic E-state index is 12.8. The molecular formula is C29H40N8O2. The van der Waals surface area contributed by atoms with Gasteiger partial charge in [-0.15, -0.1) is 5.10 Å². The van der Waals surface area contributed by atoms with Crippen LogP contribution in [0.5, 0.6) is 0 Å². The molecule has 4 aromatic rings. The number of fused-ring (bicyclic) bond motifs is 2. The van der Waals surface area contributed by atoms with Gasteiger partial charge in [0.05, 0.1) is 31.1 Å². The van der Waals surface area contributed by atoms with E-state index in [1.165, 1.54) is 45.2 Å². The molecule has 2 aliphatic heterocycles. The van der Waals surface area contributed by atoms with Crippen LogP contribution >= 0.6 is 0 Å². The number of aromatic nitrogens is 5. The Bertz CT molecular complexity index is 1400. The number of imidazole rings is 1. The van der Waals surface area contributed by atoms with E-state index < -0.39 is 0 Å². The minimum atomic E-state index is 0. The molecule has 1 aliphatic carbocycles. The molecule has 0 unspecified atom stereocenters. The number of likely N-dealkylation sites (tertiary alicyclic amines) is 1. The average molecular weight is 533 g/mol. The molecule has 2 saturated heterocycles. The van der Waals surface area contributed by atoms with Crippen molar-refractivity contribution in [2.45, 2.75) is 51.0 Å². The molecule has 3 fully saturated rings. The van der Waals surface area contributed by atoms with Gasteiger partial charge in [-0.1, -0.05) is 19.3 Å². The second kappa shape index (κ2) is 11.7. The Labute approximate surface area is 230 Å². The summed E-state index contributed by atoms with van der Waals surface area (Å²) in [5.41, 5.74) is 4.26. The molecule has 0 radical (unpaired) electrons. The molecule has 1 amide bonds. The van der Waals surface area contributed by atoms with Crippen molar-refractivity contribution in [3.63, 3.8) is 0 Å². The fourth-order valence-corrected chi connectivity index (χ4v) is 6.03. The van der Waals surface area contributed by atoms with Crippen LogP contribution in [-0.2, 0) is 4.74 Å². The van der Waals surface area contributed by atoms with Gasteiger partial charge in [-0.2, -0.15) is 0 Å². The topological polar surface area (TPSA) is 92.3 Å². The number of hydrogen-bond acceptors (Lipinski definition) is 7. The van der Waals surface area contributed by atoms with Gasteiger partial charge in [0.25, 0.3) is 5.91 Å². The minimum Gasteiger partial charge on any atom is -0.379 e. The molecule has 39 heavy (non-hydrogen) atoms. The summed E-state index contributed by atoms with van der Waals surface area (Å²) in [5, 5.41) is 7.34. The Morgan fingerprint density at radius 3 is 2.54 bits per heavy atom. The number of rotatable bonds is 4. The van der Waals surface area contributed by atoms with E-state index in [0.29, 0.717) is 11.6 Å². The lowest BCUT2D eigenvalue weighted by Crippen LogP contribution is -2.44. The van der Waals surface area contributed by atoms with Crippen molar-refractivity contribution in [3.05, 3.63) is 48.7 Å². The SMILES string of the molecule is C1CCC(N2CCOCC2)CC1.CNc1ncc2c(-c3ccc4ncc(C(=O)N5CCCC5)n4c3)ccn2n1.[HH]. The third kappa shape index (κ3) is 5.49. The molecule has 1 saturated carbocycles. The minimum absolute atomic E-state index is 0. The Balaban J connectivity index is 0.000000209. The predicted molar refractivity (Wildman–Crippen MR) is 153 cm³/mol. The molecule has 208 valence electrons. The Morgan fingerprint density at radius 2 is 1.77 bits per heavy atom. The van der Waals surface area contributed by atoms with E-state index in [9.17, 15) is 4.79 Å². The number of morpholine rings is 1. The van der Waals surface area contributed by atoms with Crippen LogP contribution in [0.4, 0.5) is 5.95 Å². The first-order valence-electron chi connectivity index (χ1n) is 14.3. The van der Waals surface area contributed by atoms with Crippen molar-refractivity contribution in [2.75, 3.05) is 51.8 Å². The van der Waals surface area contributed by atoms with Crippen LogP contribution in [0.1, 0.15) is 56.9 Å². The van der Waals surface area contributed by atoms with Gasteiger partial charge in [0.1, 0.15) is 11.3 Å². The van der Waals surface area contributed by atoms with Crippen LogP contribution in [0.2, 0.25) is 0 Å². The monoisotopic (exact) mass is 532 g/mol. The second-order valence-electron chi connectivity index (χ2n) is 10.6. The molecule has 7 rings (SSSR count). The number of nitrogens with zero attached hydrogens (tertiary/aromatic N) is 7. The highest BCUT2D eigenvalue weighted by atomic mass is 16.5. The number of pyridine rings is 1. The maximum absolute atomic E-state index is 12.8. The maximum Gasteiger partial charge on any atom is 0.272 e. The van der Waals surface area contributed by atoms with E-state index in [4.69, 9.17) is 4.74 Å². The van der Waals surface area contributed by atoms with Crippen LogP contribution in [0.25, 0.3) is 22.3 Å². The molecule has 10 heteroatoms. The van der Waals surface area contributed by atoms with Crippen molar-refractivity contribution < 1.29 is 11.0 Å². The first-order chi connectivity index (χ1) is 19.2. The highest BCUT2D eigenvalue weighted by Gasteiger charge is 2.23. The fraction of sp³-hybridized carbons (Fsp3) is 0.517. The zero-order valence-corrected chi connectivity index (χ0v) is 22.8. The zero-order chi connectivity index (χ0) is 26.6. The third-order valence-corrected chi connectivity index (χ3v) is 8.21. The summed E-state index contributed by atoms with van der Waals surface area (Å²) >= 11 is 0. The molecule has 0 spiro atoms. The number of nitrogens with one attached hydrogen (secondary N) is 1. The van der Waals surface area contributed by atoms with Gasteiger partial charge >= 0.3 is 0 Å². The lowest BCUT2D eigenvalue weighted by molar-refractivity contribution is 0.00858. The van der Waals surface area contributed by atoms with Gasteiger partial charge in [-0.05, 0) is 43.9 Å². The van der Waals surface area contributed by atoms with Crippen molar-refractivity contribution >= 4 is 23.0 Å². The summed E-state index contributed by atoms with van der Waals surface area (Å²) < 4.78 is 9.02. The highest BCUT2D eigenvalue weighted by molar-refractivity contribution is 5.93. The number of carbonyl (C=O) groups excluding carboxylic acids is 1. The van der Waals surface area contributed by atoms with E-state index in [1.54, 1.807) is 24.0 Å². The summed E-state index contributed by atoms with van der Waals surface area (Å²) in [7, 11) is 1.79. The number of ether oxygens (including phenoxy) is 1. The fourth-order valence-electron chi connectivity index (χ4n) is 6.03. The van der Waals surface area contributed by atoms with Crippen molar-refractivity contribution in [1.82, 2.24) is 33.8 Å². The molecule has 10 nitrogen and oxygen atoms in total. The van der Waals surface area contributed by atoms with Crippen LogP contribution in [-0.4, -0.2) is 92.2 Å². The molecule has 0 atom stereocenters. The molecule has 0 aromatic carbocycles. The summed E-state index contributed by atoms with van der Waals surface area (Å²) in [4.78, 5) is 26.1. The third-order valence-electron chi connectivity index (χ3n) is 8.21. The Hall–Kier alpha value is -3.50. The van der Waals surface area contributed by atoms with E-state index >= 15 is 0 Å². The standard InChI is InChI=1S/C19H19N7O.C10H19NO.H2/c1-20-19-22-10-15-14(6-9-26(15)23-19)13-4-5-17-21-11-16(25(17)12-13)18(27)24-7-2-3-8-24;1-2-4-10(5-3-1)11-6-8-12-9-7-11;/h4-6,9-12H,2-3,7-8H2,1H3,(H,20,23);10H,1-9H2;1H. The highest BCUT2D eigenvalue weighted by Crippen LogP contribution is 2.27. The van der Waals surface area contributed by atoms with E-state index in [1.807, 2.05) is 39.9 Å². The summed E-state index contributed by atoms with van der Waals surface area (Å²) in [6.07, 6.45) is 16.7. The van der Waals surface area contributed by atoms with Gasteiger partial charge in [-0.25, -0.2) is 14.5 Å². The second-order valence-corrected chi connectivity index (χ2v) is 10.6. The van der Waals surface area contributed by atoms with E-state index in [2.05, 4.69) is 25.3 Å². The molecule has 0 bridgehead atoms. The van der Waals surface area contributed by atoms with Crippen molar-refractivity contribution in [3.8, 4) is 11.1 Å². The van der Waals surface area contributed by atoms with E-state index in [0.717, 1.165) is 67.5 Å². The van der Waals surface area contributed by atoms with Crippen LogP contribution in [0.15, 0.2) is 43.0 Å². The number of anilines is 1. The molecule has 1 N–H and O–H groups in total. The van der Waals surface area contributed by atoms with Crippen LogP contribution in [0, 0.1) is 0 Å². The van der Waals surface area contributed by atoms with Gasteiger partial charge in [0.15, 0.2) is 0 Å². The van der Waals surface area contributed by atoms with Gasteiger partial charge in [0.2, 0.25) is 5.95 Å².